The third-order valence-electron chi connectivity index (χ3n) is 5.43. The molecule has 3 rings (SSSR count). The van der Waals surface area contributed by atoms with Crippen molar-refractivity contribution in [3.8, 4) is 0 Å². The number of nitrogens with one attached hydrogen (secondary N) is 1. The van der Waals surface area contributed by atoms with Crippen molar-refractivity contribution >= 4 is 38.7 Å². The average Bonchev–Trinajstić information content (AvgIpc) is 2.99. The summed E-state index contributed by atoms with van der Waals surface area (Å²) < 4.78 is 4.68. The summed E-state index contributed by atoms with van der Waals surface area (Å²) in [4.78, 5) is 26.1. The van der Waals surface area contributed by atoms with Gasteiger partial charge in [-0.2, -0.15) is 0 Å². The van der Waals surface area contributed by atoms with Crippen LogP contribution in [0.15, 0.2) is 46.9 Å². The van der Waals surface area contributed by atoms with Gasteiger partial charge in [0.05, 0.1) is 17.6 Å². The van der Waals surface area contributed by atoms with E-state index in [0.29, 0.717) is 24.3 Å². The van der Waals surface area contributed by atoms with Crippen LogP contribution in [0.25, 0.3) is 11.0 Å². The molecule has 0 aliphatic heterocycles. The quantitative estimate of drug-likeness (QED) is 0.505. The summed E-state index contributed by atoms with van der Waals surface area (Å²) in [6.45, 7) is 5.00. The van der Waals surface area contributed by atoms with E-state index >= 15 is 0 Å². The number of carbonyl (C=O) groups is 2. The number of benzene rings is 2. The maximum Gasteiger partial charge on any atom is 0.219 e. The zero-order chi connectivity index (χ0) is 21.8. The van der Waals surface area contributed by atoms with Crippen LogP contribution in [0.2, 0.25) is 0 Å². The predicted molar refractivity (Wildman–Crippen MR) is 122 cm³/mol. The van der Waals surface area contributed by atoms with E-state index in [0.717, 1.165) is 33.9 Å². The van der Waals surface area contributed by atoms with E-state index in [1.54, 1.807) is 35.6 Å². The van der Waals surface area contributed by atoms with Gasteiger partial charge in [0, 0.05) is 37.1 Å². The van der Waals surface area contributed by atoms with Crippen molar-refractivity contribution in [2.75, 3.05) is 13.6 Å². The Labute approximate surface area is 184 Å². The van der Waals surface area contributed by atoms with Gasteiger partial charge >= 0.3 is 0 Å². The Bertz CT molecular complexity index is 1130. The fourth-order valence-corrected chi connectivity index (χ4v) is 3.89. The van der Waals surface area contributed by atoms with Crippen molar-refractivity contribution in [1.82, 2.24) is 14.0 Å². The largest absolute Gasteiger partial charge is 0.346 e. The number of nitrogens with zero attached hydrogens (tertiary/aromatic N) is 3. The van der Waals surface area contributed by atoms with Crippen LogP contribution in [0.3, 0.4) is 0 Å². The van der Waals surface area contributed by atoms with Gasteiger partial charge in [0.2, 0.25) is 11.5 Å². The summed E-state index contributed by atoms with van der Waals surface area (Å²) in [6, 6.07) is 13.3. The van der Waals surface area contributed by atoms with Crippen molar-refractivity contribution < 1.29 is 9.59 Å². The number of Topliss-reactive ketones (excluding diaryl/α,β-unsaturated/α-hetero) is 1. The Morgan fingerprint density at radius 1 is 1.10 bits per heavy atom. The van der Waals surface area contributed by atoms with Gasteiger partial charge in [0.1, 0.15) is 0 Å². The number of rotatable bonds is 8. The Morgan fingerprint density at radius 2 is 1.80 bits per heavy atom. The summed E-state index contributed by atoms with van der Waals surface area (Å²) >= 11 is 3.39. The van der Waals surface area contributed by atoms with Crippen molar-refractivity contribution in [2.45, 2.75) is 39.8 Å². The molecule has 0 atom stereocenters. The molecule has 7 heteroatoms. The van der Waals surface area contributed by atoms with Crippen LogP contribution in [-0.2, 0) is 24.3 Å². The van der Waals surface area contributed by atoms with Gasteiger partial charge in [-0.3, -0.25) is 15.0 Å². The molecule has 1 heterocycles. The third-order valence-corrected chi connectivity index (χ3v) is 5.96. The fourth-order valence-electron chi connectivity index (χ4n) is 3.63. The molecule has 0 bridgehead atoms. The number of carbonyl (C=O) groups excluding carboxylic acids is 2. The number of halogens is 1. The number of aryl methyl sites for hydroxylation is 2. The Balaban J connectivity index is 1.97. The summed E-state index contributed by atoms with van der Waals surface area (Å²) in [5.74, 6) is 0.00105. The van der Waals surface area contributed by atoms with E-state index in [2.05, 4.69) is 28.9 Å². The highest BCUT2D eigenvalue weighted by atomic mass is 79.9. The lowest BCUT2D eigenvalue weighted by Crippen LogP contribution is -2.30. The van der Waals surface area contributed by atoms with Gasteiger partial charge in [-0.1, -0.05) is 47.1 Å². The lowest BCUT2D eigenvalue weighted by Gasteiger charge is -2.15. The number of aromatic nitrogens is 2. The number of amides is 1. The van der Waals surface area contributed by atoms with Gasteiger partial charge in [-0.15, -0.1) is 0 Å². The first-order valence-corrected chi connectivity index (χ1v) is 10.9. The lowest BCUT2D eigenvalue weighted by molar-refractivity contribution is -0.127. The predicted octanol–water partition coefficient (Wildman–Crippen LogP) is 4.00. The van der Waals surface area contributed by atoms with Gasteiger partial charge in [0.25, 0.3) is 0 Å². The van der Waals surface area contributed by atoms with Crippen molar-refractivity contribution in [1.29, 1.82) is 5.41 Å². The molecule has 0 unspecified atom stereocenters. The fraction of sp³-hybridized carbons (Fsp3) is 0.348. The molecule has 30 heavy (non-hydrogen) atoms. The molecule has 0 spiro atoms. The number of imidazole rings is 1. The molecule has 0 radical (unpaired) electrons. The number of fused-ring (bicyclic) bond motifs is 1. The van der Waals surface area contributed by atoms with Crippen LogP contribution in [0.5, 0.6) is 0 Å². The number of ketones is 1. The van der Waals surface area contributed by atoms with Crippen molar-refractivity contribution in [3.05, 3.63) is 63.7 Å². The summed E-state index contributed by atoms with van der Waals surface area (Å²) in [5, 5.41) is 8.79. The zero-order valence-corrected chi connectivity index (χ0v) is 19.2. The van der Waals surface area contributed by atoms with Gasteiger partial charge in [-0.25, -0.2) is 0 Å². The molecule has 0 saturated heterocycles. The third kappa shape index (κ3) is 4.56. The normalized spacial score (nSPS) is 11.1. The maximum atomic E-state index is 12.9. The van der Waals surface area contributed by atoms with Crippen LogP contribution < -0.4 is 5.62 Å². The van der Waals surface area contributed by atoms with E-state index in [1.165, 1.54) is 0 Å². The second kappa shape index (κ2) is 9.43. The van der Waals surface area contributed by atoms with Crippen LogP contribution in [0.1, 0.15) is 36.2 Å². The first-order valence-electron chi connectivity index (χ1n) is 10.1. The highest BCUT2D eigenvalue weighted by Gasteiger charge is 2.17. The Hall–Kier alpha value is -2.67. The molecule has 158 valence electrons. The van der Waals surface area contributed by atoms with E-state index in [9.17, 15) is 9.59 Å². The topological polar surface area (TPSA) is 71.1 Å². The first kappa shape index (κ1) is 22.0. The van der Waals surface area contributed by atoms with Gasteiger partial charge < -0.3 is 14.0 Å². The van der Waals surface area contributed by atoms with Crippen LogP contribution in [0.4, 0.5) is 0 Å². The Morgan fingerprint density at radius 3 is 2.43 bits per heavy atom. The summed E-state index contributed by atoms with van der Waals surface area (Å²) in [7, 11) is 1.78. The second-order valence-electron chi connectivity index (χ2n) is 7.42. The number of hydrogen-bond donors (Lipinski definition) is 1. The monoisotopic (exact) mass is 470 g/mol. The minimum atomic E-state index is -0.0294. The van der Waals surface area contributed by atoms with Crippen molar-refractivity contribution in [2.24, 2.45) is 0 Å². The molecule has 3 aromatic rings. The average molecular weight is 471 g/mol. The molecule has 1 N–H and O–H groups in total. The van der Waals surface area contributed by atoms with Gasteiger partial charge in [0.15, 0.2) is 5.78 Å². The van der Waals surface area contributed by atoms with E-state index in [-0.39, 0.29) is 18.2 Å². The first-order chi connectivity index (χ1) is 14.3. The minimum absolute atomic E-state index is 0.0294. The summed E-state index contributed by atoms with van der Waals surface area (Å²) in [6.07, 6.45) is 1.58. The molecule has 0 fully saturated rings. The molecule has 2 aromatic carbocycles. The molecule has 0 aliphatic rings. The Kier molecular flexibility index (Phi) is 6.92. The second-order valence-corrected chi connectivity index (χ2v) is 8.34. The molecule has 0 aliphatic carbocycles. The smallest absolute Gasteiger partial charge is 0.219 e. The van der Waals surface area contributed by atoms with Crippen LogP contribution in [-0.4, -0.2) is 39.3 Å². The zero-order valence-electron chi connectivity index (χ0n) is 17.6. The molecule has 6 nitrogen and oxygen atoms in total. The van der Waals surface area contributed by atoms with Crippen molar-refractivity contribution in [3.63, 3.8) is 0 Å². The highest BCUT2D eigenvalue weighted by Crippen LogP contribution is 2.20. The van der Waals surface area contributed by atoms with E-state index < -0.39 is 0 Å². The standard InChI is InChI=1S/C23H27BrN4O2/c1-4-17-7-5-8-20-22(17)27(14-6-13-26(3)16(2)29)23(25)28(20)15-21(30)18-9-11-19(24)12-10-18/h5,7-12,25H,4,6,13-15H2,1-3H3. The lowest BCUT2D eigenvalue weighted by atomic mass is 10.1. The molecular formula is C23H27BrN4O2. The summed E-state index contributed by atoms with van der Waals surface area (Å²) in [5.41, 5.74) is 3.97. The molecule has 1 amide bonds. The maximum absolute atomic E-state index is 12.9. The molecular weight excluding hydrogens is 444 g/mol. The van der Waals surface area contributed by atoms with E-state index in [1.807, 2.05) is 28.8 Å². The SMILES string of the molecule is CCc1cccc2c1n(CCCN(C)C(C)=O)c(=N)n2CC(=O)c1ccc(Br)cc1. The van der Waals surface area contributed by atoms with Crippen LogP contribution in [0, 0.1) is 5.41 Å². The minimum Gasteiger partial charge on any atom is -0.346 e. The number of hydrogen-bond acceptors (Lipinski definition) is 3. The molecule has 1 aromatic heterocycles. The van der Waals surface area contributed by atoms with E-state index in [4.69, 9.17) is 5.41 Å². The number of para-hydroxylation sites is 1. The van der Waals surface area contributed by atoms with Crippen LogP contribution >= 0.6 is 15.9 Å². The van der Waals surface area contributed by atoms with Gasteiger partial charge in [-0.05, 0) is 36.6 Å². The molecule has 0 saturated carbocycles. The highest BCUT2D eigenvalue weighted by molar-refractivity contribution is 9.10.